The molecule has 3 nitrogen and oxygen atoms in total. The van der Waals surface area contributed by atoms with Gasteiger partial charge < -0.3 is 9.47 Å². The Morgan fingerprint density at radius 3 is 2.29 bits per heavy atom. The van der Waals surface area contributed by atoms with Gasteiger partial charge >= 0.3 is 0 Å². The minimum Gasteiger partial charge on any atom is -0.500 e. The van der Waals surface area contributed by atoms with Gasteiger partial charge in [-0.05, 0) is 55.9 Å². The predicted octanol–water partition coefficient (Wildman–Crippen LogP) is 4.07. The molecule has 2 saturated heterocycles. The average molecular weight is 324 g/mol. The van der Waals surface area contributed by atoms with Crippen molar-refractivity contribution in [2.24, 2.45) is 11.8 Å². The van der Waals surface area contributed by atoms with E-state index in [2.05, 4.69) is 32.6 Å². The molecule has 2 bridgehead atoms. The Morgan fingerprint density at radius 2 is 1.75 bits per heavy atom. The van der Waals surface area contributed by atoms with Crippen LogP contribution < -0.4 is 0 Å². The van der Waals surface area contributed by atoms with E-state index in [0.29, 0.717) is 0 Å². The molecule has 24 heavy (non-hydrogen) atoms. The van der Waals surface area contributed by atoms with E-state index in [1.807, 2.05) is 6.92 Å². The molecule has 0 saturated carbocycles. The third-order valence-electron chi connectivity index (χ3n) is 5.87. The Kier molecular flexibility index (Phi) is 3.47. The summed E-state index contributed by atoms with van der Waals surface area (Å²) < 4.78 is 11.8. The normalized spacial score (nSPS) is 30.9. The second kappa shape index (κ2) is 5.32. The van der Waals surface area contributed by atoms with E-state index < -0.39 is 0 Å². The molecule has 1 aliphatic carbocycles. The number of Topliss-reactive ketones (excluding diaryl/α,β-unsaturated/α-hetero) is 1. The van der Waals surface area contributed by atoms with E-state index in [1.165, 1.54) is 0 Å². The number of aryl methyl sites for hydroxylation is 2. The summed E-state index contributed by atoms with van der Waals surface area (Å²) in [5.74, 6) is 1.11. The maximum atomic E-state index is 13.2. The Morgan fingerprint density at radius 1 is 1.17 bits per heavy atom. The van der Waals surface area contributed by atoms with Gasteiger partial charge in [-0.15, -0.1) is 0 Å². The summed E-state index contributed by atoms with van der Waals surface area (Å²) in [7, 11) is 1.68. The Hall–Kier alpha value is -1.87. The lowest BCUT2D eigenvalue weighted by molar-refractivity contribution is -0.118. The summed E-state index contributed by atoms with van der Waals surface area (Å²) in [4.78, 5) is 13.2. The maximum absolute atomic E-state index is 13.2. The molecule has 1 aromatic rings. The smallest absolute Gasteiger partial charge is 0.173 e. The van der Waals surface area contributed by atoms with Crippen molar-refractivity contribution in [3.63, 3.8) is 0 Å². The molecule has 3 aliphatic rings. The molecule has 4 rings (SSSR count). The Bertz CT molecular complexity index is 763. The summed E-state index contributed by atoms with van der Waals surface area (Å²) >= 11 is 0. The van der Waals surface area contributed by atoms with Crippen LogP contribution in [0.2, 0.25) is 0 Å². The van der Waals surface area contributed by atoms with Gasteiger partial charge in [-0.25, -0.2) is 0 Å². The van der Waals surface area contributed by atoms with Gasteiger partial charge in [0.25, 0.3) is 0 Å². The van der Waals surface area contributed by atoms with E-state index in [1.54, 1.807) is 7.11 Å². The number of hydrogen-bond donors (Lipinski definition) is 0. The molecule has 0 radical (unpaired) electrons. The van der Waals surface area contributed by atoms with Crippen LogP contribution in [0.3, 0.4) is 0 Å². The number of hydrogen-bond acceptors (Lipinski definition) is 3. The Balaban J connectivity index is 1.88. The molecule has 126 valence electrons. The minimum absolute atomic E-state index is 0.0479. The van der Waals surface area contributed by atoms with Crippen LogP contribution in [0.1, 0.15) is 42.0 Å². The van der Waals surface area contributed by atoms with E-state index in [9.17, 15) is 4.79 Å². The molecule has 0 spiro atoms. The molecule has 0 amide bonds. The van der Waals surface area contributed by atoms with Gasteiger partial charge in [-0.1, -0.05) is 24.3 Å². The van der Waals surface area contributed by atoms with Crippen molar-refractivity contribution in [1.29, 1.82) is 0 Å². The lowest BCUT2D eigenvalue weighted by atomic mass is 9.80. The van der Waals surface area contributed by atoms with Crippen LogP contribution >= 0.6 is 0 Å². The topological polar surface area (TPSA) is 35.5 Å². The first-order valence-electron chi connectivity index (χ1n) is 8.69. The summed E-state index contributed by atoms with van der Waals surface area (Å²) in [5.41, 5.74) is 6.21. The van der Waals surface area contributed by atoms with E-state index in [0.717, 1.165) is 52.0 Å². The van der Waals surface area contributed by atoms with E-state index >= 15 is 0 Å². The maximum Gasteiger partial charge on any atom is 0.173 e. The zero-order valence-corrected chi connectivity index (χ0v) is 14.8. The molecule has 2 heterocycles. The molecule has 0 aromatic heterocycles. The van der Waals surface area contributed by atoms with Crippen LogP contribution in [0.25, 0.3) is 11.1 Å². The summed E-state index contributed by atoms with van der Waals surface area (Å²) in [6, 6.07) is 4.24. The number of ether oxygens (including phenoxy) is 2. The highest BCUT2D eigenvalue weighted by molar-refractivity contribution is 6.26. The molecule has 2 fully saturated rings. The number of rotatable bonds is 3. The van der Waals surface area contributed by atoms with E-state index in [4.69, 9.17) is 9.47 Å². The highest BCUT2D eigenvalue weighted by atomic mass is 16.5. The molecule has 3 heteroatoms. The van der Waals surface area contributed by atoms with Crippen molar-refractivity contribution in [2.75, 3.05) is 7.11 Å². The number of carbonyl (C=O) groups is 1. The van der Waals surface area contributed by atoms with Gasteiger partial charge in [0.15, 0.2) is 5.78 Å². The minimum atomic E-state index is -0.0479. The number of allylic oxidation sites excluding steroid dienone is 2. The lowest BCUT2D eigenvalue weighted by Gasteiger charge is -2.21. The van der Waals surface area contributed by atoms with Gasteiger partial charge in [-0.2, -0.15) is 0 Å². The van der Waals surface area contributed by atoms with Gasteiger partial charge in [-0.3, -0.25) is 4.79 Å². The Labute approximate surface area is 143 Å². The van der Waals surface area contributed by atoms with Crippen LogP contribution in [0.4, 0.5) is 0 Å². The zero-order valence-electron chi connectivity index (χ0n) is 14.8. The lowest BCUT2D eigenvalue weighted by Crippen LogP contribution is -2.29. The third-order valence-corrected chi connectivity index (χ3v) is 5.87. The molecule has 0 unspecified atom stereocenters. The fourth-order valence-electron chi connectivity index (χ4n) is 4.89. The second-order valence-electron chi connectivity index (χ2n) is 7.41. The molecular formula is C21H24O3. The van der Waals surface area contributed by atoms with Gasteiger partial charge in [0.1, 0.15) is 5.76 Å². The highest BCUT2D eigenvalue weighted by Crippen LogP contribution is 2.55. The van der Waals surface area contributed by atoms with Crippen molar-refractivity contribution in [3.05, 3.63) is 46.7 Å². The third kappa shape index (κ3) is 1.97. The van der Waals surface area contributed by atoms with Crippen molar-refractivity contribution >= 4 is 16.9 Å². The standard InChI is InChI=1S/C21H24O3/c1-10(2)13-8-11(3)16(12(4)9-13)19-20(22)17-14-6-7-15(24-14)18(17)21(19)23-5/h8-9,14-15,17-18H,1,6-7H2,2-5H3/t14-,15+,17-,18+/m0/s1. The summed E-state index contributed by atoms with van der Waals surface area (Å²) in [6.45, 7) is 10.2. The SMILES string of the molecule is C=C(C)c1cc(C)c(C2=C(OC)[C@H]3[C@@H](C2=O)[C@@H]2CC[C@H]3O2)c(C)c1. The molecule has 2 aliphatic heterocycles. The fraction of sp³-hybridized carbons (Fsp3) is 0.476. The fourth-order valence-corrected chi connectivity index (χ4v) is 4.89. The highest BCUT2D eigenvalue weighted by Gasteiger charge is 2.59. The van der Waals surface area contributed by atoms with Crippen LogP contribution in [-0.4, -0.2) is 25.1 Å². The first-order chi connectivity index (χ1) is 11.4. The van der Waals surface area contributed by atoms with Crippen LogP contribution in [0.15, 0.2) is 24.5 Å². The largest absolute Gasteiger partial charge is 0.500 e. The molecule has 4 atom stereocenters. The van der Waals surface area contributed by atoms with Gasteiger partial charge in [0.2, 0.25) is 0 Å². The van der Waals surface area contributed by atoms with Crippen molar-refractivity contribution in [3.8, 4) is 0 Å². The molecular weight excluding hydrogens is 300 g/mol. The van der Waals surface area contributed by atoms with Gasteiger partial charge in [0, 0.05) is 0 Å². The number of fused-ring (bicyclic) bond motifs is 5. The first-order valence-corrected chi connectivity index (χ1v) is 8.69. The van der Waals surface area contributed by atoms with Crippen molar-refractivity contribution < 1.29 is 14.3 Å². The quantitative estimate of drug-likeness (QED) is 0.841. The average Bonchev–Trinajstić information content (AvgIpc) is 3.20. The van der Waals surface area contributed by atoms with Crippen LogP contribution in [0.5, 0.6) is 0 Å². The first kappa shape index (κ1) is 15.6. The number of ketones is 1. The second-order valence-corrected chi connectivity index (χ2v) is 7.41. The van der Waals surface area contributed by atoms with Crippen molar-refractivity contribution in [2.45, 2.75) is 45.8 Å². The molecule has 1 aromatic carbocycles. The zero-order chi connectivity index (χ0) is 17.2. The molecule has 0 N–H and O–H groups in total. The number of benzene rings is 1. The van der Waals surface area contributed by atoms with Gasteiger partial charge in [0.05, 0.1) is 36.7 Å². The monoisotopic (exact) mass is 324 g/mol. The number of carbonyl (C=O) groups excluding carboxylic acids is 1. The summed E-state index contributed by atoms with van der Waals surface area (Å²) in [6.07, 6.45) is 2.25. The van der Waals surface area contributed by atoms with Crippen LogP contribution in [0, 0.1) is 25.7 Å². The van der Waals surface area contributed by atoms with E-state index in [-0.39, 0.29) is 29.8 Å². The van der Waals surface area contributed by atoms with Crippen molar-refractivity contribution in [1.82, 2.24) is 0 Å². The predicted molar refractivity (Wildman–Crippen MR) is 94.4 cm³/mol. The van der Waals surface area contributed by atoms with Crippen LogP contribution in [-0.2, 0) is 14.3 Å². The summed E-state index contributed by atoms with van der Waals surface area (Å²) in [5, 5.41) is 0. The number of methoxy groups -OCH3 is 1.